The number of hydrogen-bond acceptors (Lipinski definition) is 5. The molecule has 0 saturated heterocycles. The number of aliphatic hydroxyl groups is 1. The highest BCUT2D eigenvalue weighted by Crippen LogP contribution is 2.43. The largest absolute Gasteiger partial charge is 0.472 e. The molecule has 312 valence electrons. The predicted molar refractivity (Wildman–Crippen MR) is 226 cm³/mol. The Labute approximate surface area is 327 Å². The molecule has 0 aliphatic carbocycles. The minimum Gasteiger partial charge on any atom is -0.387 e. The van der Waals surface area contributed by atoms with Gasteiger partial charge in [-0.1, -0.05) is 172 Å². The van der Waals surface area contributed by atoms with Crippen LogP contribution in [0.5, 0.6) is 0 Å². The van der Waals surface area contributed by atoms with Crippen molar-refractivity contribution in [1.29, 1.82) is 0 Å². The number of unbranched alkanes of at least 4 members (excludes halogenated alkanes) is 22. The van der Waals surface area contributed by atoms with Crippen molar-refractivity contribution in [1.82, 2.24) is 5.32 Å². The average molecular weight is 770 g/mol. The van der Waals surface area contributed by atoms with Crippen LogP contribution in [0.4, 0.5) is 0 Å². The van der Waals surface area contributed by atoms with Gasteiger partial charge in [0.2, 0.25) is 5.91 Å². The van der Waals surface area contributed by atoms with Crippen molar-refractivity contribution >= 4 is 13.7 Å². The summed E-state index contributed by atoms with van der Waals surface area (Å²) in [4.78, 5) is 23.0. The predicted octanol–water partition coefficient (Wildman–Crippen LogP) is 11.9. The fraction of sp³-hybridized carbons (Fsp3) is 0.841. The summed E-state index contributed by atoms with van der Waals surface area (Å²) in [5.41, 5.74) is 0. The summed E-state index contributed by atoms with van der Waals surface area (Å²) in [6.07, 6.45) is 43.6. The molecule has 0 saturated carbocycles. The minimum absolute atomic E-state index is 0.0544. The zero-order valence-electron chi connectivity index (χ0n) is 35.3. The van der Waals surface area contributed by atoms with Crippen molar-refractivity contribution in [2.24, 2.45) is 0 Å². The molecule has 3 unspecified atom stereocenters. The highest BCUT2D eigenvalue weighted by Gasteiger charge is 2.27. The van der Waals surface area contributed by atoms with Gasteiger partial charge < -0.3 is 19.8 Å². The van der Waals surface area contributed by atoms with Gasteiger partial charge in [-0.15, -0.1) is 0 Å². The SMILES string of the molecule is CCCCCCCCCCCC/C=C/CC/C=C/CC/C=C/C(O)C(COP(=O)(O)OCC[N+](C)(C)C)NC(=O)CCCCCCCCCCCCC. The van der Waals surface area contributed by atoms with Crippen LogP contribution in [0.25, 0.3) is 0 Å². The maximum atomic E-state index is 12.8. The van der Waals surface area contributed by atoms with Crippen LogP contribution in [-0.4, -0.2) is 73.4 Å². The fourth-order valence-electron chi connectivity index (χ4n) is 6.07. The van der Waals surface area contributed by atoms with Gasteiger partial charge in [0.1, 0.15) is 13.2 Å². The highest BCUT2D eigenvalue weighted by atomic mass is 31.2. The van der Waals surface area contributed by atoms with E-state index in [1.807, 2.05) is 27.2 Å². The van der Waals surface area contributed by atoms with E-state index in [9.17, 15) is 19.4 Å². The van der Waals surface area contributed by atoms with Gasteiger partial charge in [0.15, 0.2) is 0 Å². The third-order valence-electron chi connectivity index (χ3n) is 9.59. The fourth-order valence-corrected chi connectivity index (χ4v) is 6.81. The Morgan fingerprint density at radius 2 is 1.04 bits per heavy atom. The first kappa shape index (κ1) is 51.7. The molecule has 53 heavy (non-hydrogen) atoms. The molecular formula is C44H86N2O6P+. The highest BCUT2D eigenvalue weighted by molar-refractivity contribution is 7.47. The number of likely N-dealkylation sites (N-methyl/N-ethyl adjacent to an activating group) is 1. The van der Waals surface area contributed by atoms with Crippen molar-refractivity contribution in [2.75, 3.05) is 40.9 Å². The van der Waals surface area contributed by atoms with Crippen LogP contribution in [0.2, 0.25) is 0 Å². The third kappa shape index (κ3) is 38.8. The molecule has 0 aliphatic rings. The Morgan fingerprint density at radius 1 is 0.623 bits per heavy atom. The summed E-state index contributed by atoms with van der Waals surface area (Å²) in [7, 11) is 1.55. The van der Waals surface area contributed by atoms with E-state index in [2.05, 4.69) is 43.5 Å². The molecule has 9 heteroatoms. The molecule has 1 amide bonds. The molecule has 0 rings (SSSR count). The lowest BCUT2D eigenvalue weighted by Gasteiger charge is -2.25. The van der Waals surface area contributed by atoms with Crippen LogP contribution >= 0.6 is 7.82 Å². The summed E-state index contributed by atoms with van der Waals surface area (Å²) in [6, 6.07) is -0.864. The first-order valence-corrected chi connectivity index (χ1v) is 23.4. The Morgan fingerprint density at radius 3 is 1.51 bits per heavy atom. The molecule has 0 radical (unpaired) electrons. The molecule has 0 spiro atoms. The van der Waals surface area contributed by atoms with Gasteiger partial charge in [0.25, 0.3) is 0 Å². The number of hydrogen-bond donors (Lipinski definition) is 3. The summed E-state index contributed by atoms with van der Waals surface area (Å²) in [5.74, 6) is -0.193. The second kappa shape index (κ2) is 36.4. The molecule has 0 aromatic rings. The van der Waals surface area contributed by atoms with E-state index in [-0.39, 0.29) is 19.1 Å². The number of phosphoric acid groups is 1. The van der Waals surface area contributed by atoms with Gasteiger partial charge >= 0.3 is 7.82 Å². The number of aliphatic hydroxyl groups excluding tert-OH is 1. The summed E-state index contributed by atoms with van der Waals surface area (Å²) in [6.45, 7) is 4.77. The number of quaternary nitrogens is 1. The van der Waals surface area contributed by atoms with Gasteiger partial charge in [-0.05, 0) is 44.9 Å². The summed E-state index contributed by atoms with van der Waals surface area (Å²) >= 11 is 0. The number of nitrogens with one attached hydrogen (secondary N) is 1. The number of nitrogens with zero attached hydrogens (tertiary/aromatic N) is 1. The minimum atomic E-state index is -4.34. The second-order valence-corrected chi connectivity index (χ2v) is 17.5. The molecule has 0 aromatic carbocycles. The van der Waals surface area contributed by atoms with E-state index in [0.29, 0.717) is 17.4 Å². The molecule has 0 aromatic heterocycles. The topological polar surface area (TPSA) is 105 Å². The number of phosphoric ester groups is 1. The summed E-state index contributed by atoms with van der Waals surface area (Å²) in [5, 5.41) is 13.8. The van der Waals surface area contributed by atoms with Crippen molar-refractivity contribution in [3.63, 3.8) is 0 Å². The van der Waals surface area contributed by atoms with Crippen molar-refractivity contribution < 1.29 is 32.9 Å². The van der Waals surface area contributed by atoms with Crippen molar-refractivity contribution in [3.8, 4) is 0 Å². The van der Waals surface area contributed by atoms with E-state index in [1.54, 1.807) is 6.08 Å². The lowest BCUT2D eigenvalue weighted by atomic mass is 10.0. The van der Waals surface area contributed by atoms with E-state index >= 15 is 0 Å². The van der Waals surface area contributed by atoms with Crippen LogP contribution in [-0.2, 0) is 18.4 Å². The Hall–Kier alpha value is -1.28. The monoisotopic (exact) mass is 770 g/mol. The zero-order chi connectivity index (χ0) is 39.3. The molecule has 8 nitrogen and oxygen atoms in total. The first-order valence-electron chi connectivity index (χ1n) is 21.9. The van der Waals surface area contributed by atoms with E-state index in [4.69, 9.17) is 9.05 Å². The smallest absolute Gasteiger partial charge is 0.387 e. The molecule has 3 atom stereocenters. The van der Waals surface area contributed by atoms with Crippen LogP contribution in [0, 0.1) is 0 Å². The molecule has 0 aliphatic heterocycles. The molecule has 0 bridgehead atoms. The molecular weight excluding hydrogens is 683 g/mol. The quantitative estimate of drug-likeness (QED) is 0.0249. The summed E-state index contributed by atoms with van der Waals surface area (Å²) < 4.78 is 23.5. The Kier molecular flexibility index (Phi) is 35.5. The first-order chi connectivity index (χ1) is 25.5. The second-order valence-electron chi connectivity index (χ2n) is 16.1. The third-order valence-corrected chi connectivity index (χ3v) is 10.6. The van der Waals surface area contributed by atoms with Gasteiger partial charge in [0.05, 0.1) is 39.9 Å². The van der Waals surface area contributed by atoms with E-state index < -0.39 is 20.0 Å². The Balaban J connectivity index is 4.48. The number of allylic oxidation sites excluding steroid dienone is 5. The average Bonchev–Trinajstić information content (AvgIpc) is 3.10. The lowest BCUT2D eigenvalue weighted by molar-refractivity contribution is -0.870. The van der Waals surface area contributed by atoms with E-state index in [0.717, 1.165) is 44.9 Å². The number of amides is 1. The van der Waals surface area contributed by atoms with Gasteiger partial charge in [-0.25, -0.2) is 4.57 Å². The molecule has 3 N–H and O–H groups in total. The Bertz CT molecular complexity index is 964. The van der Waals surface area contributed by atoms with Crippen molar-refractivity contribution in [2.45, 2.75) is 199 Å². The normalized spacial score (nSPS) is 14.8. The van der Waals surface area contributed by atoms with E-state index in [1.165, 1.54) is 122 Å². The van der Waals surface area contributed by atoms with Crippen molar-refractivity contribution in [3.05, 3.63) is 36.5 Å². The number of rotatable bonds is 39. The van der Waals surface area contributed by atoms with Gasteiger partial charge in [0, 0.05) is 6.42 Å². The van der Waals surface area contributed by atoms with Gasteiger partial charge in [-0.2, -0.15) is 0 Å². The number of carbonyl (C=O) groups excluding carboxylic acids is 1. The van der Waals surface area contributed by atoms with Crippen LogP contribution in [0.3, 0.4) is 0 Å². The molecule has 0 fully saturated rings. The van der Waals surface area contributed by atoms with Crippen LogP contribution in [0.15, 0.2) is 36.5 Å². The van der Waals surface area contributed by atoms with Crippen LogP contribution < -0.4 is 5.32 Å². The maximum Gasteiger partial charge on any atom is 0.472 e. The van der Waals surface area contributed by atoms with Gasteiger partial charge in [-0.3, -0.25) is 13.8 Å². The van der Waals surface area contributed by atoms with Crippen LogP contribution in [0.1, 0.15) is 187 Å². The zero-order valence-corrected chi connectivity index (χ0v) is 36.1. The standard InChI is InChI=1S/C44H85N2O6P/c1-6-8-10-12-14-16-18-19-20-21-22-23-24-25-26-28-29-31-33-35-37-43(47)42(41-52-53(49,50)51-40-39-46(3,4)5)45-44(48)38-36-34-32-30-27-17-15-13-11-9-7-2/h23-24,28-29,35,37,42-43,47H,6-22,25-27,30-34,36,38-41H2,1-5H3,(H-,45,48,49,50)/p+1/b24-23+,29-28+,37-35+. The lowest BCUT2D eigenvalue weighted by Crippen LogP contribution is -2.45. The number of carbonyl (C=O) groups is 1. The molecule has 0 heterocycles. The maximum absolute atomic E-state index is 12.8.